The molecule has 136 valence electrons. The van der Waals surface area contributed by atoms with Crippen molar-refractivity contribution in [2.45, 2.75) is 25.3 Å². The van der Waals surface area contributed by atoms with Crippen LogP contribution >= 0.6 is 23.2 Å². The lowest BCUT2D eigenvalue weighted by atomic mass is 9.81. The second-order valence-electron chi connectivity index (χ2n) is 6.10. The van der Waals surface area contributed by atoms with Crippen molar-refractivity contribution < 1.29 is 14.3 Å². The Hall–Kier alpha value is -2.24. The standard InChI is InChI=1S/C19H18Cl2N2O3/c1-11(24)22-23-16-9-13(20)8-15(21)18(16)14(10-17(23)19(25)26-2)12-6-4-3-5-7-12/h3-9,14,17H,10H2,1-2H3,(H,22,24)/t14-,17-/m0/s1. The number of nitrogens with zero attached hydrogens (tertiary/aromatic N) is 1. The number of amides is 1. The first-order valence-electron chi connectivity index (χ1n) is 8.10. The molecule has 2 atom stereocenters. The number of fused-ring (bicyclic) bond motifs is 1. The number of hydrogen-bond acceptors (Lipinski definition) is 4. The van der Waals surface area contributed by atoms with E-state index in [1.807, 2.05) is 30.3 Å². The normalized spacial score (nSPS) is 18.8. The first kappa shape index (κ1) is 18.5. The van der Waals surface area contributed by atoms with Gasteiger partial charge in [0.1, 0.15) is 6.04 Å². The number of hydrazine groups is 1. The van der Waals surface area contributed by atoms with Gasteiger partial charge in [0.05, 0.1) is 12.8 Å². The van der Waals surface area contributed by atoms with E-state index in [9.17, 15) is 9.59 Å². The van der Waals surface area contributed by atoms with Gasteiger partial charge in [0, 0.05) is 28.5 Å². The summed E-state index contributed by atoms with van der Waals surface area (Å²) < 4.78 is 4.96. The average Bonchev–Trinajstić information content (AvgIpc) is 2.61. The second-order valence-corrected chi connectivity index (χ2v) is 6.94. The summed E-state index contributed by atoms with van der Waals surface area (Å²) in [6, 6.07) is 12.4. The number of methoxy groups -OCH3 is 1. The second kappa shape index (κ2) is 7.56. The molecule has 0 saturated carbocycles. The maximum Gasteiger partial charge on any atom is 0.330 e. The first-order valence-corrected chi connectivity index (χ1v) is 8.86. The van der Waals surface area contributed by atoms with Crippen molar-refractivity contribution in [2.24, 2.45) is 0 Å². The van der Waals surface area contributed by atoms with E-state index in [2.05, 4.69) is 5.43 Å². The van der Waals surface area contributed by atoms with Gasteiger partial charge >= 0.3 is 5.97 Å². The first-order chi connectivity index (χ1) is 12.4. The molecule has 0 aromatic heterocycles. The number of esters is 1. The van der Waals surface area contributed by atoms with E-state index in [4.69, 9.17) is 27.9 Å². The molecule has 0 bridgehead atoms. The molecule has 0 unspecified atom stereocenters. The molecule has 3 rings (SSSR count). The van der Waals surface area contributed by atoms with Gasteiger partial charge in [-0.3, -0.25) is 15.2 Å². The summed E-state index contributed by atoms with van der Waals surface area (Å²) in [4.78, 5) is 24.2. The number of halogens is 2. The van der Waals surface area contributed by atoms with Crippen molar-refractivity contribution in [3.8, 4) is 0 Å². The van der Waals surface area contributed by atoms with Crippen molar-refractivity contribution in [1.29, 1.82) is 0 Å². The molecule has 0 aliphatic carbocycles. The molecule has 5 nitrogen and oxygen atoms in total. The molecule has 1 heterocycles. The summed E-state index contributed by atoms with van der Waals surface area (Å²) in [5, 5.41) is 2.40. The number of ether oxygens (including phenoxy) is 1. The van der Waals surface area contributed by atoms with Crippen LogP contribution in [0.1, 0.15) is 30.4 Å². The zero-order valence-electron chi connectivity index (χ0n) is 14.3. The van der Waals surface area contributed by atoms with Crippen LogP contribution in [-0.2, 0) is 14.3 Å². The van der Waals surface area contributed by atoms with Crippen LogP contribution in [0.5, 0.6) is 0 Å². The van der Waals surface area contributed by atoms with Gasteiger partial charge in [-0.15, -0.1) is 0 Å². The number of carbonyl (C=O) groups excluding carboxylic acids is 2. The van der Waals surface area contributed by atoms with Gasteiger partial charge < -0.3 is 4.74 Å². The minimum atomic E-state index is -0.698. The summed E-state index contributed by atoms with van der Waals surface area (Å²) in [6.45, 7) is 1.38. The van der Waals surface area contributed by atoms with Crippen LogP contribution in [0.25, 0.3) is 0 Å². The van der Waals surface area contributed by atoms with Crippen LogP contribution in [0.3, 0.4) is 0 Å². The molecule has 0 fully saturated rings. The Morgan fingerprint density at radius 3 is 2.50 bits per heavy atom. The number of anilines is 1. The van der Waals surface area contributed by atoms with E-state index in [0.717, 1.165) is 11.1 Å². The molecule has 1 N–H and O–H groups in total. The number of carbonyl (C=O) groups is 2. The fourth-order valence-electron chi connectivity index (χ4n) is 3.36. The molecule has 7 heteroatoms. The smallest absolute Gasteiger partial charge is 0.330 e. The molecule has 1 amide bonds. The Kier molecular flexibility index (Phi) is 5.39. The van der Waals surface area contributed by atoms with Gasteiger partial charge in [0.2, 0.25) is 5.91 Å². The Labute approximate surface area is 161 Å². The van der Waals surface area contributed by atoms with Crippen molar-refractivity contribution in [1.82, 2.24) is 5.43 Å². The molecular weight excluding hydrogens is 375 g/mol. The molecule has 2 aromatic carbocycles. The van der Waals surface area contributed by atoms with Crippen LogP contribution in [-0.4, -0.2) is 25.0 Å². The highest BCUT2D eigenvalue weighted by Gasteiger charge is 2.40. The topological polar surface area (TPSA) is 58.6 Å². The van der Waals surface area contributed by atoms with Crippen LogP contribution in [0.4, 0.5) is 5.69 Å². The highest BCUT2D eigenvalue weighted by Crippen LogP contribution is 2.46. The zero-order chi connectivity index (χ0) is 18.8. The Morgan fingerprint density at radius 2 is 1.88 bits per heavy atom. The monoisotopic (exact) mass is 392 g/mol. The molecule has 1 aliphatic rings. The fourth-order valence-corrected chi connectivity index (χ4v) is 3.98. The predicted octanol–water partition coefficient (Wildman–Crippen LogP) is 3.93. The van der Waals surface area contributed by atoms with Crippen LogP contribution in [0.15, 0.2) is 42.5 Å². The van der Waals surface area contributed by atoms with Gasteiger partial charge in [-0.05, 0) is 24.1 Å². The Morgan fingerprint density at radius 1 is 1.19 bits per heavy atom. The number of benzene rings is 2. The summed E-state index contributed by atoms with van der Waals surface area (Å²) in [5.74, 6) is -0.884. The minimum Gasteiger partial charge on any atom is -0.467 e. The van der Waals surface area contributed by atoms with E-state index < -0.39 is 12.0 Å². The Balaban J connectivity index is 2.21. The summed E-state index contributed by atoms with van der Waals surface area (Å²) >= 11 is 12.7. The van der Waals surface area contributed by atoms with E-state index >= 15 is 0 Å². The van der Waals surface area contributed by atoms with Gasteiger partial charge in [-0.2, -0.15) is 0 Å². The largest absolute Gasteiger partial charge is 0.467 e. The lowest BCUT2D eigenvalue weighted by Gasteiger charge is -2.41. The number of hydrogen-bond donors (Lipinski definition) is 1. The van der Waals surface area contributed by atoms with Crippen molar-refractivity contribution in [2.75, 3.05) is 12.1 Å². The molecule has 0 radical (unpaired) electrons. The van der Waals surface area contributed by atoms with Crippen molar-refractivity contribution in [3.05, 3.63) is 63.6 Å². The minimum absolute atomic E-state index is 0.134. The Bertz CT molecular complexity index is 842. The zero-order valence-corrected chi connectivity index (χ0v) is 15.8. The van der Waals surface area contributed by atoms with Gasteiger partial charge in [-0.25, -0.2) is 4.79 Å². The van der Waals surface area contributed by atoms with Crippen molar-refractivity contribution in [3.63, 3.8) is 0 Å². The predicted molar refractivity (Wildman–Crippen MR) is 101 cm³/mol. The SMILES string of the molecule is COC(=O)[C@@H]1C[C@@H](c2ccccc2)c2c(Cl)cc(Cl)cc2N1NC(C)=O. The van der Waals surface area contributed by atoms with Crippen LogP contribution in [0.2, 0.25) is 10.0 Å². The third-order valence-electron chi connectivity index (χ3n) is 4.40. The molecule has 2 aromatic rings. The van der Waals surface area contributed by atoms with Crippen LogP contribution < -0.4 is 10.4 Å². The fraction of sp³-hybridized carbons (Fsp3) is 0.263. The molecule has 1 aliphatic heterocycles. The summed E-state index contributed by atoms with van der Waals surface area (Å²) in [5.41, 5.74) is 5.14. The lowest BCUT2D eigenvalue weighted by molar-refractivity contribution is -0.142. The lowest BCUT2D eigenvalue weighted by Crippen LogP contribution is -2.55. The third kappa shape index (κ3) is 3.50. The molecule has 0 saturated heterocycles. The van der Waals surface area contributed by atoms with E-state index in [1.165, 1.54) is 19.0 Å². The van der Waals surface area contributed by atoms with Gasteiger partial charge in [-0.1, -0.05) is 53.5 Å². The average molecular weight is 393 g/mol. The highest BCUT2D eigenvalue weighted by atomic mass is 35.5. The van der Waals surface area contributed by atoms with Gasteiger partial charge in [0.25, 0.3) is 0 Å². The summed E-state index contributed by atoms with van der Waals surface area (Å²) in [6.07, 6.45) is 0.408. The number of rotatable bonds is 3. The van der Waals surface area contributed by atoms with E-state index in [1.54, 1.807) is 12.1 Å². The maximum atomic E-state index is 12.4. The van der Waals surface area contributed by atoms with Crippen molar-refractivity contribution >= 4 is 40.8 Å². The quantitative estimate of drug-likeness (QED) is 0.803. The summed E-state index contributed by atoms with van der Waals surface area (Å²) in [7, 11) is 1.33. The number of nitrogens with one attached hydrogen (secondary N) is 1. The molecular formula is C19H18Cl2N2O3. The van der Waals surface area contributed by atoms with E-state index in [0.29, 0.717) is 22.2 Å². The molecule has 26 heavy (non-hydrogen) atoms. The maximum absolute atomic E-state index is 12.4. The van der Waals surface area contributed by atoms with E-state index in [-0.39, 0.29) is 11.8 Å². The van der Waals surface area contributed by atoms with Gasteiger partial charge in [0.15, 0.2) is 0 Å². The van der Waals surface area contributed by atoms with Crippen LogP contribution in [0, 0.1) is 0 Å². The molecule has 0 spiro atoms. The highest BCUT2D eigenvalue weighted by molar-refractivity contribution is 6.35. The third-order valence-corrected chi connectivity index (χ3v) is 4.94.